The standard InChI is InChI=1S/C16H11F3N2OS/c17-16(18,19)14(22)9-15-21-12-8-11(6-7-13(12)23-15)20-10-4-2-1-3-5-10/h1-9,20,22H/b14-9-. The second kappa shape index (κ2) is 5.92. The minimum atomic E-state index is -4.77. The van der Waals surface area contributed by atoms with Crippen molar-refractivity contribution in [3.05, 3.63) is 59.3 Å². The molecule has 0 aliphatic heterocycles. The maximum atomic E-state index is 12.3. The average Bonchev–Trinajstić information content (AvgIpc) is 2.89. The van der Waals surface area contributed by atoms with Gasteiger partial charge in [-0.05, 0) is 30.3 Å². The summed E-state index contributed by atoms with van der Waals surface area (Å²) < 4.78 is 37.8. The normalized spacial score (nSPS) is 12.6. The highest BCUT2D eigenvalue weighted by molar-refractivity contribution is 7.19. The fourth-order valence-electron chi connectivity index (χ4n) is 1.97. The number of aliphatic hydroxyl groups excluding tert-OH is 1. The molecule has 0 fully saturated rings. The highest BCUT2D eigenvalue weighted by atomic mass is 32.1. The molecule has 118 valence electrons. The average molecular weight is 336 g/mol. The first kappa shape index (κ1) is 15.4. The lowest BCUT2D eigenvalue weighted by Crippen LogP contribution is -2.10. The summed E-state index contributed by atoms with van der Waals surface area (Å²) in [4.78, 5) is 4.11. The van der Waals surface area contributed by atoms with Crippen LogP contribution >= 0.6 is 11.3 Å². The van der Waals surface area contributed by atoms with Gasteiger partial charge in [-0.1, -0.05) is 18.2 Å². The van der Waals surface area contributed by atoms with Gasteiger partial charge >= 0.3 is 6.18 Å². The molecule has 0 aliphatic rings. The molecular weight excluding hydrogens is 325 g/mol. The topological polar surface area (TPSA) is 45.2 Å². The molecule has 0 unspecified atom stereocenters. The summed E-state index contributed by atoms with van der Waals surface area (Å²) in [6.45, 7) is 0. The van der Waals surface area contributed by atoms with E-state index in [1.165, 1.54) is 0 Å². The molecule has 3 rings (SSSR count). The minimum Gasteiger partial charge on any atom is -0.504 e. The summed E-state index contributed by atoms with van der Waals surface area (Å²) >= 11 is 1.08. The third-order valence-electron chi connectivity index (χ3n) is 3.02. The van der Waals surface area contributed by atoms with Crippen molar-refractivity contribution in [3.63, 3.8) is 0 Å². The largest absolute Gasteiger partial charge is 0.504 e. The second-order valence-corrected chi connectivity index (χ2v) is 5.82. The van der Waals surface area contributed by atoms with Crippen LogP contribution in [0.5, 0.6) is 0 Å². The number of aromatic nitrogens is 1. The first-order valence-corrected chi connectivity index (χ1v) is 7.44. The van der Waals surface area contributed by atoms with Crippen LogP contribution in [0.4, 0.5) is 24.5 Å². The lowest BCUT2D eigenvalue weighted by Gasteiger charge is -2.05. The van der Waals surface area contributed by atoms with Crippen molar-refractivity contribution in [2.24, 2.45) is 0 Å². The van der Waals surface area contributed by atoms with Crippen LogP contribution < -0.4 is 5.32 Å². The summed E-state index contributed by atoms with van der Waals surface area (Å²) in [5, 5.41) is 12.3. The van der Waals surface area contributed by atoms with E-state index < -0.39 is 11.9 Å². The van der Waals surface area contributed by atoms with Crippen LogP contribution in [0.1, 0.15) is 5.01 Å². The highest BCUT2D eigenvalue weighted by Gasteiger charge is 2.33. The van der Waals surface area contributed by atoms with Gasteiger partial charge in [0.1, 0.15) is 5.01 Å². The van der Waals surface area contributed by atoms with Crippen LogP contribution in [0.2, 0.25) is 0 Å². The Morgan fingerprint density at radius 2 is 1.83 bits per heavy atom. The van der Waals surface area contributed by atoms with Gasteiger partial charge in [-0.2, -0.15) is 13.2 Å². The molecule has 0 saturated heterocycles. The third kappa shape index (κ3) is 3.62. The van der Waals surface area contributed by atoms with E-state index in [1.54, 1.807) is 12.1 Å². The van der Waals surface area contributed by atoms with E-state index in [9.17, 15) is 13.2 Å². The minimum absolute atomic E-state index is 0.103. The van der Waals surface area contributed by atoms with E-state index in [-0.39, 0.29) is 5.01 Å². The lowest BCUT2D eigenvalue weighted by molar-refractivity contribution is -0.119. The molecule has 0 amide bonds. The molecule has 7 heteroatoms. The van der Waals surface area contributed by atoms with Gasteiger partial charge in [0.15, 0.2) is 0 Å². The Kier molecular flexibility index (Phi) is 3.96. The van der Waals surface area contributed by atoms with Crippen molar-refractivity contribution < 1.29 is 18.3 Å². The number of anilines is 2. The predicted octanol–water partition coefficient (Wildman–Crippen LogP) is 5.50. The van der Waals surface area contributed by atoms with Gasteiger partial charge < -0.3 is 10.4 Å². The first-order chi connectivity index (χ1) is 10.9. The van der Waals surface area contributed by atoms with Gasteiger partial charge in [0.25, 0.3) is 0 Å². The van der Waals surface area contributed by atoms with Gasteiger partial charge in [0, 0.05) is 17.5 Å². The SMILES string of the molecule is O/C(=C\c1nc2cc(Nc3ccccc3)ccc2s1)C(F)(F)F. The number of hydrogen-bond acceptors (Lipinski definition) is 4. The summed E-state index contributed by atoms with van der Waals surface area (Å²) in [5.41, 5.74) is 2.25. The number of benzene rings is 2. The Morgan fingerprint density at radius 3 is 2.52 bits per heavy atom. The maximum absolute atomic E-state index is 12.3. The van der Waals surface area contributed by atoms with Crippen molar-refractivity contribution in [1.82, 2.24) is 4.98 Å². The molecule has 3 aromatic rings. The number of alkyl halides is 3. The fourth-order valence-corrected chi connectivity index (χ4v) is 2.86. The quantitative estimate of drug-likeness (QED) is 0.621. The predicted molar refractivity (Wildman–Crippen MR) is 86.0 cm³/mol. The second-order valence-electron chi connectivity index (χ2n) is 4.75. The molecule has 0 atom stereocenters. The van der Waals surface area contributed by atoms with E-state index in [2.05, 4.69) is 10.3 Å². The summed E-state index contributed by atoms with van der Waals surface area (Å²) in [6, 6.07) is 14.9. The summed E-state index contributed by atoms with van der Waals surface area (Å²) in [5.74, 6) is -1.65. The number of nitrogens with zero attached hydrogens (tertiary/aromatic N) is 1. The first-order valence-electron chi connectivity index (χ1n) is 6.62. The Labute approximate surface area is 133 Å². The monoisotopic (exact) mass is 336 g/mol. The van der Waals surface area contributed by atoms with Crippen LogP contribution in [-0.2, 0) is 0 Å². The molecule has 23 heavy (non-hydrogen) atoms. The van der Waals surface area contributed by atoms with E-state index in [0.717, 1.165) is 27.4 Å². The fraction of sp³-hybridized carbons (Fsp3) is 0.0625. The smallest absolute Gasteiger partial charge is 0.448 e. The zero-order valence-electron chi connectivity index (χ0n) is 11.6. The molecule has 3 nitrogen and oxygen atoms in total. The van der Waals surface area contributed by atoms with E-state index >= 15 is 0 Å². The molecule has 0 aliphatic carbocycles. The van der Waals surface area contributed by atoms with Crippen LogP contribution in [0, 0.1) is 0 Å². The van der Waals surface area contributed by atoms with Crippen molar-refractivity contribution in [2.45, 2.75) is 6.18 Å². The Hall–Kier alpha value is -2.54. The van der Waals surface area contributed by atoms with E-state index in [0.29, 0.717) is 11.6 Å². The number of fused-ring (bicyclic) bond motifs is 1. The van der Waals surface area contributed by atoms with Crippen LogP contribution in [0.25, 0.3) is 16.3 Å². The third-order valence-corrected chi connectivity index (χ3v) is 4.00. The Morgan fingerprint density at radius 1 is 1.09 bits per heavy atom. The van der Waals surface area contributed by atoms with Gasteiger partial charge in [0.2, 0.25) is 5.76 Å². The summed E-state index contributed by atoms with van der Waals surface area (Å²) in [6.07, 6.45) is -4.13. The van der Waals surface area contributed by atoms with Gasteiger partial charge in [-0.15, -0.1) is 11.3 Å². The number of thiazole rings is 1. The number of para-hydroxylation sites is 1. The molecule has 2 N–H and O–H groups in total. The zero-order valence-corrected chi connectivity index (χ0v) is 12.4. The van der Waals surface area contributed by atoms with Crippen molar-refractivity contribution in [3.8, 4) is 0 Å². The van der Waals surface area contributed by atoms with Gasteiger partial charge in [-0.25, -0.2) is 4.98 Å². The molecule has 1 aromatic heterocycles. The molecule has 0 spiro atoms. The summed E-state index contributed by atoms with van der Waals surface area (Å²) in [7, 11) is 0. The number of halogens is 3. The lowest BCUT2D eigenvalue weighted by atomic mass is 10.2. The number of allylic oxidation sites excluding steroid dienone is 1. The Bertz CT molecular complexity index is 857. The van der Waals surface area contributed by atoms with Crippen molar-refractivity contribution in [1.29, 1.82) is 0 Å². The number of nitrogens with one attached hydrogen (secondary N) is 1. The molecule has 2 aromatic carbocycles. The van der Waals surface area contributed by atoms with Gasteiger partial charge in [-0.3, -0.25) is 0 Å². The van der Waals surface area contributed by atoms with Crippen LogP contribution in [-0.4, -0.2) is 16.3 Å². The zero-order chi connectivity index (χ0) is 16.4. The van der Waals surface area contributed by atoms with Crippen molar-refractivity contribution in [2.75, 3.05) is 5.32 Å². The molecular formula is C16H11F3N2OS. The molecule has 0 bridgehead atoms. The van der Waals surface area contributed by atoms with E-state index in [4.69, 9.17) is 5.11 Å². The number of rotatable bonds is 3. The molecule has 0 saturated carbocycles. The Balaban J connectivity index is 1.89. The maximum Gasteiger partial charge on any atom is 0.448 e. The highest BCUT2D eigenvalue weighted by Crippen LogP contribution is 2.30. The van der Waals surface area contributed by atoms with Crippen LogP contribution in [0.3, 0.4) is 0 Å². The number of aliphatic hydroxyl groups is 1. The van der Waals surface area contributed by atoms with Gasteiger partial charge in [0.05, 0.1) is 10.2 Å². The molecule has 0 radical (unpaired) electrons. The van der Waals surface area contributed by atoms with E-state index in [1.807, 2.05) is 36.4 Å². The number of hydrogen-bond donors (Lipinski definition) is 2. The molecule has 1 heterocycles. The van der Waals surface area contributed by atoms with Crippen molar-refractivity contribution >= 4 is 39.0 Å². The van der Waals surface area contributed by atoms with Crippen LogP contribution in [0.15, 0.2) is 54.3 Å².